The molecule has 0 saturated heterocycles. The molecule has 1 aromatic carbocycles. The van der Waals surface area contributed by atoms with Gasteiger partial charge < -0.3 is 14.4 Å². The van der Waals surface area contributed by atoms with Gasteiger partial charge >= 0.3 is 5.97 Å². The fourth-order valence-corrected chi connectivity index (χ4v) is 3.43. The molecule has 0 bridgehead atoms. The van der Waals surface area contributed by atoms with E-state index in [-0.39, 0.29) is 18.4 Å². The van der Waals surface area contributed by atoms with Gasteiger partial charge in [0.25, 0.3) is 11.8 Å². The Balaban J connectivity index is 1.59. The van der Waals surface area contributed by atoms with Gasteiger partial charge in [-0.2, -0.15) is 0 Å². The van der Waals surface area contributed by atoms with Crippen molar-refractivity contribution in [1.29, 1.82) is 0 Å². The number of rotatable bonds is 5. The zero-order chi connectivity index (χ0) is 20.8. The van der Waals surface area contributed by atoms with Gasteiger partial charge in [0.05, 0.1) is 29.1 Å². The minimum atomic E-state index is -1.05. The summed E-state index contributed by atoms with van der Waals surface area (Å²) in [5, 5.41) is 8.84. The van der Waals surface area contributed by atoms with E-state index in [1.54, 1.807) is 62.5 Å². The number of hydrogen-bond acceptors (Lipinski definition) is 5. The van der Waals surface area contributed by atoms with Crippen molar-refractivity contribution >= 4 is 29.9 Å². The van der Waals surface area contributed by atoms with Crippen molar-refractivity contribution in [2.75, 3.05) is 6.61 Å². The van der Waals surface area contributed by atoms with Crippen molar-refractivity contribution in [2.24, 2.45) is 7.05 Å². The molecule has 1 unspecified atom stereocenters. The van der Waals surface area contributed by atoms with Crippen LogP contribution in [-0.2, 0) is 23.1 Å². The average molecular weight is 393 g/mol. The van der Waals surface area contributed by atoms with Crippen LogP contribution in [-0.4, -0.2) is 49.5 Å². The molecule has 1 N–H and O–H groups in total. The van der Waals surface area contributed by atoms with Gasteiger partial charge in [0.15, 0.2) is 0 Å². The molecule has 29 heavy (non-hydrogen) atoms. The van der Waals surface area contributed by atoms with E-state index >= 15 is 0 Å². The third kappa shape index (κ3) is 3.27. The Morgan fingerprint density at radius 3 is 2.38 bits per heavy atom. The summed E-state index contributed by atoms with van der Waals surface area (Å²) in [6, 6.07) is 6.75. The predicted molar refractivity (Wildman–Crippen MR) is 104 cm³/mol. The van der Waals surface area contributed by atoms with Gasteiger partial charge in [-0.15, -0.1) is 0 Å². The van der Waals surface area contributed by atoms with Gasteiger partial charge in [-0.1, -0.05) is 12.1 Å². The molecule has 2 heterocycles. The van der Waals surface area contributed by atoms with Gasteiger partial charge in [-0.25, -0.2) is 9.78 Å². The molecule has 2 amide bonds. The number of carboxylic acid groups (broad SMARTS) is 1. The molecule has 1 aliphatic heterocycles. The third-order valence-corrected chi connectivity index (χ3v) is 5.09. The molecule has 0 fully saturated rings. The Bertz CT molecular complexity index is 1060. The lowest BCUT2D eigenvalue weighted by Gasteiger charge is -2.21. The average Bonchev–Trinajstić information content (AvgIpc) is 3.05. The molecule has 0 radical (unpaired) electrons. The first kappa shape index (κ1) is 18.8. The smallest absolute Gasteiger partial charge is 0.329 e. The number of nitrogens with zero attached hydrogens (tertiary/aromatic N) is 3. The van der Waals surface area contributed by atoms with Crippen LogP contribution in [0.15, 0.2) is 36.4 Å². The minimum absolute atomic E-state index is 0.0598. The van der Waals surface area contributed by atoms with Crippen molar-refractivity contribution < 1.29 is 24.2 Å². The maximum Gasteiger partial charge on any atom is 0.329 e. The maximum atomic E-state index is 12.6. The van der Waals surface area contributed by atoms with Crippen LogP contribution in [0, 0.1) is 0 Å². The normalized spacial score (nSPS) is 20.0. The molecule has 1 aliphatic carbocycles. The number of carbonyl (C=O) groups excluding carboxylic acids is 2. The molecule has 2 aromatic rings. The zero-order valence-electron chi connectivity index (χ0n) is 16.0. The lowest BCUT2D eigenvalue weighted by molar-refractivity contribution is -0.145. The predicted octanol–water partition coefficient (Wildman–Crippen LogP) is 2.12. The number of imide groups is 1. The fraction of sp³-hybridized carbons (Fsp3) is 0.238. The van der Waals surface area contributed by atoms with Crippen LogP contribution >= 0.6 is 0 Å². The highest BCUT2D eigenvalue weighted by atomic mass is 16.5. The monoisotopic (exact) mass is 393 g/mol. The highest BCUT2D eigenvalue weighted by Crippen LogP contribution is 2.28. The van der Waals surface area contributed by atoms with E-state index in [1.165, 1.54) is 4.90 Å². The molecule has 8 nitrogen and oxygen atoms in total. The largest absolute Gasteiger partial charge is 0.480 e. The highest BCUT2D eigenvalue weighted by Gasteiger charge is 2.36. The van der Waals surface area contributed by atoms with Crippen molar-refractivity contribution in [3.05, 3.63) is 64.8 Å². The standard InChI is InChI=1S/C21H19N3O5/c1-21(29-12-18(25)26)9-7-15-16(8-10-21)23(2)17(22-15)11-24-19(27)13-5-3-4-6-14(13)20(24)28/h3-10H,11-12H2,1-2H3,(H,25,26). The van der Waals surface area contributed by atoms with Crippen LogP contribution < -0.4 is 0 Å². The second-order valence-electron chi connectivity index (χ2n) is 7.13. The second-order valence-corrected chi connectivity index (χ2v) is 7.13. The molecule has 8 heteroatoms. The minimum Gasteiger partial charge on any atom is -0.480 e. The van der Waals surface area contributed by atoms with Gasteiger partial charge in [0, 0.05) is 7.05 Å². The van der Waals surface area contributed by atoms with E-state index in [4.69, 9.17) is 9.84 Å². The Morgan fingerprint density at radius 2 is 1.76 bits per heavy atom. The Hall–Kier alpha value is -3.52. The summed E-state index contributed by atoms with van der Waals surface area (Å²) >= 11 is 0. The lowest BCUT2D eigenvalue weighted by atomic mass is 10.1. The van der Waals surface area contributed by atoms with E-state index < -0.39 is 18.2 Å². The number of carboxylic acids is 1. The first-order valence-electron chi connectivity index (χ1n) is 9.04. The number of ether oxygens (including phenoxy) is 1. The molecule has 0 spiro atoms. The zero-order valence-corrected chi connectivity index (χ0v) is 16.0. The first-order valence-corrected chi connectivity index (χ1v) is 9.04. The molecular formula is C21H19N3O5. The summed E-state index contributed by atoms with van der Waals surface area (Å²) < 4.78 is 7.25. The lowest BCUT2D eigenvalue weighted by Crippen LogP contribution is -2.30. The van der Waals surface area contributed by atoms with Crippen LogP contribution in [0.3, 0.4) is 0 Å². The van der Waals surface area contributed by atoms with E-state index in [2.05, 4.69) is 4.98 Å². The number of aromatic nitrogens is 2. The Labute approximate surface area is 166 Å². The SMILES string of the molecule is Cn1c(CN2C(=O)c3ccccc3C2=O)nc2c1C=CC(C)(OCC(=O)O)C=C2. The number of amides is 2. The van der Waals surface area contributed by atoms with Crippen LogP contribution in [0.5, 0.6) is 0 Å². The van der Waals surface area contributed by atoms with Crippen LogP contribution in [0.1, 0.15) is 44.9 Å². The van der Waals surface area contributed by atoms with Crippen LogP contribution in [0.2, 0.25) is 0 Å². The van der Waals surface area contributed by atoms with Gasteiger partial charge in [0.2, 0.25) is 0 Å². The van der Waals surface area contributed by atoms with Gasteiger partial charge in [0.1, 0.15) is 18.0 Å². The van der Waals surface area contributed by atoms with Crippen molar-refractivity contribution in [3.8, 4) is 0 Å². The molecule has 1 atom stereocenters. The van der Waals surface area contributed by atoms with Crippen LogP contribution in [0.25, 0.3) is 12.2 Å². The molecular weight excluding hydrogens is 374 g/mol. The van der Waals surface area contributed by atoms with Crippen molar-refractivity contribution in [3.63, 3.8) is 0 Å². The van der Waals surface area contributed by atoms with E-state index in [9.17, 15) is 14.4 Å². The molecule has 148 valence electrons. The summed E-state index contributed by atoms with van der Waals surface area (Å²) in [4.78, 5) is 41.8. The first-order chi connectivity index (χ1) is 13.8. The van der Waals surface area contributed by atoms with Gasteiger partial charge in [-0.05, 0) is 43.4 Å². The number of aliphatic carboxylic acids is 1. The number of fused-ring (bicyclic) bond motifs is 2. The number of hydrogen-bond donors (Lipinski definition) is 1. The molecule has 0 saturated carbocycles. The van der Waals surface area contributed by atoms with E-state index in [1.807, 2.05) is 4.57 Å². The molecule has 1 aromatic heterocycles. The Kier molecular flexibility index (Phi) is 4.43. The van der Waals surface area contributed by atoms with Crippen molar-refractivity contribution in [2.45, 2.75) is 19.1 Å². The van der Waals surface area contributed by atoms with Gasteiger partial charge in [-0.3, -0.25) is 14.5 Å². The number of imidazole rings is 1. The summed E-state index contributed by atoms with van der Waals surface area (Å²) in [5.41, 5.74) is 1.36. The third-order valence-electron chi connectivity index (χ3n) is 5.09. The van der Waals surface area contributed by atoms with Crippen LogP contribution in [0.4, 0.5) is 0 Å². The summed E-state index contributed by atoms with van der Waals surface area (Å²) in [7, 11) is 1.80. The maximum absolute atomic E-state index is 12.6. The highest BCUT2D eigenvalue weighted by molar-refractivity contribution is 6.21. The van der Waals surface area contributed by atoms with E-state index in [0.29, 0.717) is 22.6 Å². The molecule has 2 aliphatic rings. The topological polar surface area (TPSA) is 102 Å². The number of carbonyl (C=O) groups is 3. The van der Waals surface area contributed by atoms with E-state index in [0.717, 1.165) is 5.69 Å². The summed E-state index contributed by atoms with van der Waals surface area (Å²) in [6.45, 7) is 1.40. The van der Waals surface area contributed by atoms with Crippen molar-refractivity contribution in [1.82, 2.24) is 14.5 Å². The fourth-order valence-electron chi connectivity index (χ4n) is 3.43. The Morgan fingerprint density at radius 1 is 1.14 bits per heavy atom. The quantitative estimate of drug-likeness (QED) is 0.781. The summed E-state index contributed by atoms with van der Waals surface area (Å²) in [5.74, 6) is -1.14. The summed E-state index contributed by atoms with van der Waals surface area (Å²) in [6.07, 6.45) is 7.04. The number of benzene rings is 1. The second kappa shape index (κ2) is 6.82. The molecule has 4 rings (SSSR count).